The molecule has 0 aliphatic carbocycles. The molecule has 8 nitrogen and oxygen atoms in total. The zero-order chi connectivity index (χ0) is 18.4. The second-order valence-electron chi connectivity index (χ2n) is 5.41. The highest BCUT2D eigenvalue weighted by molar-refractivity contribution is 5.67. The van der Waals surface area contributed by atoms with E-state index in [1.54, 1.807) is 0 Å². The molecule has 25 heavy (non-hydrogen) atoms. The SMILES string of the molecule is CC(=O)OC[C@H]1O[C@H](OCc2ccccc2)C(O)=C(O)[C@@H]1OC(C)=O. The normalized spacial score (nSPS) is 23.2. The molecular weight excluding hydrogens is 332 g/mol. The van der Waals surface area contributed by atoms with E-state index in [-0.39, 0.29) is 13.2 Å². The molecule has 0 aromatic heterocycles. The van der Waals surface area contributed by atoms with E-state index in [9.17, 15) is 19.8 Å². The molecule has 1 aromatic carbocycles. The van der Waals surface area contributed by atoms with Crippen LogP contribution in [-0.4, -0.2) is 47.3 Å². The molecule has 2 rings (SSSR count). The maximum absolute atomic E-state index is 11.2. The van der Waals surface area contributed by atoms with Crippen LogP contribution in [0.5, 0.6) is 0 Å². The number of carbonyl (C=O) groups is 2. The fourth-order valence-electron chi connectivity index (χ4n) is 2.24. The van der Waals surface area contributed by atoms with Gasteiger partial charge in [-0.05, 0) is 5.56 Å². The molecular formula is C17H20O8. The Labute approximate surface area is 144 Å². The minimum Gasteiger partial charge on any atom is -0.505 e. The molecule has 1 heterocycles. The lowest BCUT2D eigenvalue weighted by Gasteiger charge is -2.34. The molecule has 0 unspecified atom stereocenters. The molecule has 0 amide bonds. The lowest BCUT2D eigenvalue weighted by molar-refractivity contribution is -0.224. The summed E-state index contributed by atoms with van der Waals surface area (Å²) in [6.45, 7) is 2.18. The molecule has 1 aliphatic heterocycles. The second-order valence-corrected chi connectivity index (χ2v) is 5.41. The van der Waals surface area contributed by atoms with Gasteiger partial charge in [-0.15, -0.1) is 0 Å². The number of hydrogen-bond acceptors (Lipinski definition) is 8. The third-order valence-electron chi connectivity index (χ3n) is 3.38. The Kier molecular flexibility index (Phi) is 6.37. The Morgan fingerprint density at radius 2 is 1.76 bits per heavy atom. The van der Waals surface area contributed by atoms with Crippen LogP contribution in [0.25, 0.3) is 0 Å². The van der Waals surface area contributed by atoms with Gasteiger partial charge in [0.05, 0.1) is 6.61 Å². The number of carbonyl (C=O) groups excluding carboxylic acids is 2. The predicted molar refractivity (Wildman–Crippen MR) is 84.4 cm³/mol. The summed E-state index contributed by atoms with van der Waals surface area (Å²) in [5.41, 5.74) is 0.831. The first-order valence-corrected chi connectivity index (χ1v) is 7.62. The van der Waals surface area contributed by atoms with Gasteiger partial charge < -0.3 is 29.2 Å². The highest BCUT2D eigenvalue weighted by Crippen LogP contribution is 2.27. The van der Waals surface area contributed by atoms with Gasteiger partial charge in [-0.25, -0.2) is 0 Å². The average molecular weight is 352 g/mol. The van der Waals surface area contributed by atoms with Gasteiger partial charge in [0.15, 0.2) is 17.6 Å². The summed E-state index contributed by atoms with van der Waals surface area (Å²) in [4.78, 5) is 22.2. The number of benzene rings is 1. The molecule has 0 bridgehead atoms. The largest absolute Gasteiger partial charge is 0.505 e. The minimum absolute atomic E-state index is 0.112. The van der Waals surface area contributed by atoms with Crippen molar-refractivity contribution in [3.63, 3.8) is 0 Å². The fourth-order valence-corrected chi connectivity index (χ4v) is 2.24. The second kappa shape index (κ2) is 8.50. The summed E-state index contributed by atoms with van der Waals surface area (Å²) in [5, 5.41) is 20.2. The standard InChI is InChI=1S/C17H20O8/c1-10(18)22-9-13-16(24-11(2)19)14(20)15(21)17(25-13)23-8-12-6-4-3-5-7-12/h3-7,13,16-17,20-21H,8-9H2,1-2H3/t13-,16-,17+/m1/s1. The number of aliphatic hydroxyl groups is 2. The highest BCUT2D eigenvalue weighted by atomic mass is 16.7. The minimum atomic E-state index is -1.30. The zero-order valence-corrected chi connectivity index (χ0v) is 13.9. The van der Waals surface area contributed by atoms with Crippen molar-refractivity contribution >= 4 is 11.9 Å². The van der Waals surface area contributed by atoms with E-state index in [1.807, 2.05) is 30.3 Å². The summed E-state index contributed by atoms with van der Waals surface area (Å²) in [6, 6.07) is 9.15. The first kappa shape index (κ1) is 18.8. The van der Waals surface area contributed by atoms with Crippen LogP contribution in [0.15, 0.2) is 41.9 Å². The van der Waals surface area contributed by atoms with E-state index in [4.69, 9.17) is 18.9 Å². The number of rotatable bonds is 6. The molecule has 3 atom stereocenters. The molecule has 1 aliphatic rings. The van der Waals surface area contributed by atoms with Crippen molar-refractivity contribution in [3.05, 3.63) is 47.4 Å². The highest BCUT2D eigenvalue weighted by Gasteiger charge is 2.41. The van der Waals surface area contributed by atoms with Gasteiger partial charge in [-0.1, -0.05) is 30.3 Å². The number of ether oxygens (including phenoxy) is 4. The van der Waals surface area contributed by atoms with Crippen LogP contribution >= 0.6 is 0 Å². The lowest BCUT2D eigenvalue weighted by Crippen LogP contribution is -2.47. The molecule has 0 radical (unpaired) electrons. The van der Waals surface area contributed by atoms with Crippen molar-refractivity contribution in [2.45, 2.75) is 39.0 Å². The molecule has 0 spiro atoms. The van der Waals surface area contributed by atoms with Gasteiger partial charge in [0.25, 0.3) is 0 Å². The maximum Gasteiger partial charge on any atom is 0.303 e. The molecule has 136 valence electrons. The molecule has 0 fully saturated rings. The van der Waals surface area contributed by atoms with Crippen LogP contribution in [-0.2, 0) is 35.1 Å². The third kappa shape index (κ3) is 5.20. The molecule has 0 saturated carbocycles. The van der Waals surface area contributed by atoms with Gasteiger partial charge in [0, 0.05) is 13.8 Å². The van der Waals surface area contributed by atoms with Gasteiger partial charge in [0.1, 0.15) is 12.7 Å². The molecule has 1 aromatic rings. The van der Waals surface area contributed by atoms with Crippen molar-refractivity contribution in [1.29, 1.82) is 0 Å². The monoisotopic (exact) mass is 352 g/mol. The van der Waals surface area contributed by atoms with Crippen LogP contribution in [0.1, 0.15) is 19.4 Å². The smallest absolute Gasteiger partial charge is 0.303 e. The topological polar surface area (TPSA) is 112 Å². The van der Waals surface area contributed by atoms with Crippen LogP contribution in [0, 0.1) is 0 Å². The first-order valence-electron chi connectivity index (χ1n) is 7.62. The van der Waals surface area contributed by atoms with Crippen LogP contribution in [0.3, 0.4) is 0 Å². The summed E-state index contributed by atoms with van der Waals surface area (Å²) in [5.74, 6) is -2.45. The van der Waals surface area contributed by atoms with Crippen molar-refractivity contribution in [2.24, 2.45) is 0 Å². The summed E-state index contributed by atoms with van der Waals surface area (Å²) < 4.78 is 20.8. The van der Waals surface area contributed by atoms with Gasteiger partial charge in [-0.3, -0.25) is 9.59 Å². The number of esters is 2. The van der Waals surface area contributed by atoms with Crippen LogP contribution < -0.4 is 0 Å². The van der Waals surface area contributed by atoms with Crippen LogP contribution in [0.4, 0.5) is 0 Å². The summed E-state index contributed by atoms with van der Waals surface area (Å²) in [6.07, 6.45) is -3.61. The Morgan fingerprint density at radius 3 is 2.36 bits per heavy atom. The summed E-state index contributed by atoms with van der Waals surface area (Å²) >= 11 is 0. The quantitative estimate of drug-likeness (QED) is 0.745. The average Bonchev–Trinajstić information content (AvgIpc) is 2.58. The summed E-state index contributed by atoms with van der Waals surface area (Å²) in [7, 11) is 0. The molecule has 8 heteroatoms. The Balaban J connectivity index is 2.13. The molecule has 2 N–H and O–H groups in total. The van der Waals surface area contributed by atoms with Crippen molar-refractivity contribution in [3.8, 4) is 0 Å². The van der Waals surface area contributed by atoms with E-state index >= 15 is 0 Å². The number of aliphatic hydroxyl groups excluding tert-OH is 2. The van der Waals surface area contributed by atoms with E-state index in [1.165, 1.54) is 6.92 Å². The predicted octanol–water partition coefficient (Wildman–Crippen LogP) is 1.75. The van der Waals surface area contributed by atoms with E-state index in [2.05, 4.69) is 0 Å². The molecule has 0 saturated heterocycles. The lowest BCUT2D eigenvalue weighted by atomic mass is 10.1. The maximum atomic E-state index is 11.2. The Morgan fingerprint density at radius 1 is 1.08 bits per heavy atom. The fraction of sp³-hybridized carbons (Fsp3) is 0.412. The number of hydrogen-bond donors (Lipinski definition) is 2. The van der Waals surface area contributed by atoms with Crippen molar-refractivity contribution in [2.75, 3.05) is 6.61 Å². The zero-order valence-electron chi connectivity index (χ0n) is 13.9. The Bertz CT molecular complexity index is 639. The van der Waals surface area contributed by atoms with E-state index in [0.29, 0.717) is 0 Å². The first-order chi connectivity index (χ1) is 11.9. The van der Waals surface area contributed by atoms with Gasteiger partial charge in [0.2, 0.25) is 6.29 Å². The van der Waals surface area contributed by atoms with E-state index in [0.717, 1.165) is 12.5 Å². The Hall–Kier alpha value is -2.58. The van der Waals surface area contributed by atoms with Crippen molar-refractivity contribution in [1.82, 2.24) is 0 Å². The van der Waals surface area contributed by atoms with Crippen molar-refractivity contribution < 1.29 is 38.7 Å². The van der Waals surface area contributed by atoms with Gasteiger partial charge >= 0.3 is 11.9 Å². The van der Waals surface area contributed by atoms with E-state index < -0.39 is 42.0 Å². The van der Waals surface area contributed by atoms with Gasteiger partial charge in [-0.2, -0.15) is 0 Å². The van der Waals surface area contributed by atoms with Crippen LogP contribution in [0.2, 0.25) is 0 Å². The third-order valence-corrected chi connectivity index (χ3v) is 3.38.